The second kappa shape index (κ2) is 6.17. The molecule has 1 unspecified atom stereocenters. The molecular formula is C15H15BrFNO. The van der Waals surface area contributed by atoms with E-state index in [0.29, 0.717) is 11.0 Å². The van der Waals surface area contributed by atoms with Crippen LogP contribution in [0.15, 0.2) is 46.9 Å². The van der Waals surface area contributed by atoms with Crippen molar-refractivity contribution in [2.45, 2.75) is 19.5 Å². The minimum Gasteiger partial charge on any atom is -0.508 e. The van der Waals surface area contributed by atoms with Crippen molar-refractivity contribution in [1.29, 1.82) is 0 Å². The zero-order chi connectivity index (χ0) is 13.8. The van der Waals surface area contributed by atoms with Crippen LogP contribution in [0.25, 0.3) is 0 Å². The van der Waals surface area contributed by atoms with Gasteiger partial charge >= 0.3 is 0 Å². The van der Waals surface area contributed by atoms with Crippen molar-refractivity contribution in [3.8, 4) is 5.75 Å². The SMILES string of the molecule is CC(NCc1ccc(F)c(Br)c1)c1cccc(O)c1. The molecular weight excluding hydrogens is 309 g/mol. The van der Waals surface area contributed by atoms with Crippen LogP contribution in [-0.2, 0) is 6.54 Å². The first-order chi connectivity index (χ1) is 9.06. The van der Waals surface area contributed by atoms with Crippen LogP contribution >= 0.6 is 15.9 Å². The maximum atomic E-state index is 13.1. The Morgan fingerprint density at radius 2 is 2.05 bits per heavy atom. The Labute approximate surface area is 120 Å². The fraction of sp³-hybridized carbons (Fsp3) is 0.200. The van der Waals surface area contributed by atoms with Gasteiger partial charge in [-0.15, -0.1) is 0 Å². The van der Waals surface area contributed by atoms with Crippen molar-refractivity contribution in [3.63, 3.8) is 0 Å². The van der Waals surface area contributed by atoms with E-state index < -0.39 is 0 Å². The Hall–Kier alpha value is -1.39. The Kier molecular flexibility index (Phi) is 4.56. The van der Waals surface area contributed by atoms with Crippen molar-refractivity contribution in [2.24, 2.45) is 0 Å². The number of hydrogen-bond donors (Lipinski definition) is 2. The second-order valence-corrected chi connectivity index (χ2v) is 5.30. The molecule has 0 saturated heterocycles. The van der Waals surface area contributed by atoms with Gasteiger partial charge in [0.1, 0.15) is 11.6 Å². The van der Waals surface area contributed by atoms with Gasteiger partial charge in [0.05, 0.1) is 4.47 Å². The van der Waals surface area contributed by atoms with E-state index >= 15 is 0 Å². The highest BCUT2D eigenvalue weighted by molar-refractivity contribution is 9.10. The fourth-order valence-electron chi connectivity index (χ4n) is 1.83. The largest absolute Gasteiger partial charge is 0.508 e. The number of phenols is 1. The van der Waals surface area contributed by atoms with E-state index in [1.165, 1.54) is 6.07 Å². The van der Waals surface area contributed by atoms with Crippen LogP contribution in [0.2, 0.25) is 0 Å². The molecule has 0 bridgehead atoms. The first kappa shape index (κ1) is 14.0. The third kappa shape index (κ3) is 3.78. The molecule has 100 valence electrons. The summed E-state index contributed by atoms with van der Waals surface area (Å²) in [6, 6.07) is 12.2. The lowest BCUT2D eigenvalue weighted by atomic mass is 10.1. The molecule has 0 aliphatic heterocycles. The molecule has 0 fully saturated rings. The lowest BCUT2D eigenvalue weighted by molar-refractivity contribution is 0.472. The highest BCUT2D eigenvalue weighted by atomic mass is 79.9. The molecule has 2 N–H and O–H groups in total. The molecule has 0 aliphatic carbocycles. The number of nitrogens with one attached hydrogen (secondary N) is 1. The molecule has 0 amide bonds. The summed E-state index contributed by atoms with van der Waals surface area (Å²) in [4.78, 5) is 0. The van der Waals surface area contributed by atoms with Crippen LogP contribution in [0.4, 0.5) is 4.39 Å². The predicted molar refractivity (Wildman–Crippen MR) is 77.5 cm³/mol. The monoisotopic (exact) mass is 323 g/mol. The summed E-state index contributed by atoms with van der Waals surface area (Å²) in [7, 11) is 0. The first-order valence-corrected chi connectivity index (χ1v) is 6.82. The molecule has 0 saturated carbocycles. The average molecular weight is 324 g/mol. The van der Waals surface area contributed by atoms with Crippen molar-refractivity contribution >= 4 is 15.9 Å². The predicted octanol–water partition coefficient (Wildman–Crippen LogP) is 4.14. The van der Waals surface area contributed by atoms with Crippen LogP contribution < -0.4 is 5.32 Å². The molecule has 0 aliphatic rings. The van der Waals surface area contributed by atoms with E-state index in [9.17, 15) is 9.50 Å². The molecule has 1 atom stereocenters. The van der Waals surface area contributed by atoms with Gasteiger partial charge in [-0.1, -0.05) is 18.2 Å². The Balaban J connectivity index is 2.00. The summed E-state index contributed by atoms with van der Waals surface area (Å²) in [5, 5.41) is 12.8. The van der Waals surface area contributed by atoms with Gasteiger partial charge in [0.2, 0.25) is 0 Å². The topological polar surface area (TPSA) is 32.3 Å². The molecule has 0 spiro atoms. The third-order valence-corrected chi connectivity index (χ3v) is 3.57. The molecule has 0 radical (unpaired) electrons. The zero-order valence-corrected chi connectivity index (χ0v) is 12.1. The highest BCUT2D eigenvalue weighted by Gasteiger charge is 2.06. The molecule has 19 heavy (non-hydrogen) atoms. The number of aromatic hydroxyl groups is 1. The van der Waals surface area contributed by atoms with Crippen LogP contribution in [-0.4, -0.2) is 5.11 Å². The average Bonchev–Trinajstić information content (AvgIpc) is 2.40. The molecule has 4 heteroatoms. The zero-order valence-electron chi connectivity index (χ0n) is 10.5. The molecule has 0 aromatic heterocycles. The first-order valence-electron chi connectivity index (χ1n) is 6.02. The van der Waals surface area contributed by atoms with Gasteiger partial charge in [0.25, 0.3) is 0 Å². The number of rotatable bonds is 4. The van der Waals surface area contributed by atoms with Crippen LogP contribution in [0.1, 0.15) is 24.1 Å². The Bertz CT molecular complexity index is 574. The van der Waals surface area contributed by atoms with Crippen LogP contribution in [0.5, 0.6) is 5.75 Å². The van der Waals surface area contributed by atoms with Crippen molar-refractivity contribution < 1.29 is 9.50 Å². The van der Waals surface area contributed by atoms with E-state index in [1.807, 2.05) is 19.1 Å². The number of hydrogen-bond acceptors (Lipinski definition) is 2. The van der Waals surface area contributed by atoms with Gasteiger partial charge in [-0.05, 0) is 58.2 Å². The van der Waals surface area contributed by atoms with Gasteiger partial charge in [-0.25, -0.2) is 4.39 Å². The summed E-state index contributed by atoms with van der Waals surface area (Å²) >= 11 is 3.17. The van der Waals surface area contributed by atoms with Crippen LogP contribution in [0, 0.1) is 5.82 Å². The second-order valence-electron chi connectivity index (χ2n) is 4.45. The molecule has 2 nitrogen and oxygen atoms in total. The highest BCUT2D eigenvalue weighted by Crippen LogP contribution is 2.20. The minimum atomic E-state index is -0.259. The maximum Gasteiger partial charge on any atom is 0.137 e. The number of halogens is 2. The van der Waals surface area contributed by atoms with Gasteiger partial charge in [-0.3, -0.25) is 0 Å². The van der Waals surface area contributed by atoms with Crippen molar-refractivity contribution in [1.82, 2.24) is 5.32 Å². The van der Waals surface area contributed by atoms with Gasteiger partial charge in [0.15, 0.2) is 0 Å². The molecule has 2 aromatic rings. The van der Waals surface area contributed by atoms with Gasteiger partial charge in [-0.2, -0.15) is 0 Å². The lowest BCUT2D eigenvalue weighted by Crippen LogP contribution is -2.18. The number of benzene rings is 2. The van der Waals surface area contributed by atoms with E-state index in [2.05, 4.69) is 21.2 Å². The molecule has 0 heterocycles. The Morgan fingerprint density at radius 3 is 2.74 bits per heavy atom. The van der Waals surface area contributed by atoms with E-state index in [-0.39, 0.29) is 17.6 Å². The summed E-state index contributed by atoms with van der Waals surface area (Å²) in [6.45, 7) is 2.66. The summed E-state index contributed by atoms with van der Waals surface area (Å²) in [5.74, 6) is 0.000423. The van der Waals surface area contributed by atoms with Gasteiger partial charge < -0.3 is 10.4 Å². The van der Waals surface area contributed by atoms with E-state index in [1.54, 1.807) is 24.3 Å². The van der Waals surface area contributed by atoms with E-state index in [0.717, 1.165) is 11.1 Å². The normalized spacial score (nSPS) is 12.4. The quantitative estimate of drug-likeness (QED) is 0.886. The smallest absolute Gasteiger partial charge is 0.137 e. The fourth-order valence-corrected chi connectivity index (χ4v) is 2.26. The van der Waals surface area contributed by atoms with E-state index in [4.69, 9.17) is 0 Å². The number of phenolic OH excluding ortho intramolecular Hbond substituents is 1. The maximum absolute atomic E-state index is 13.1. The van der Waals surface area contributed by atoms with Crippen molar-refractivity contribution in [2.75, 3.05) is 0 Å². The Morgan fingerprint density at radius 1 is 1.26 bits per heavy atom. The summed E-state index contributed by atoms with van der Waals surface area (Å²) in [6.07, 6.45) is 0. The van der Waals surface area contributed by atoms with Crippen LogP contribution in [0.3, 0.4) is 0 Å². The minimum absolute atomic E-state index is 0.107. The summed E-state index contributed by atoms with van der Waals surface area (Å²) < 4.78 is 13.6. The standard InChI is InChI=1S/C15H15BrFNO/c1-10(12-3-2-4-13(19)8-12)18-9-11-5-6-15(17)14(16)7-11/h2-8,10,18-19H,9H2,1H3. The molecule has 2 aromatic carbocycles. The van der Waals surface area contributed by atoms with Crippen molar-refractivity contribution in [3.05, 3.63) is 63.9 Å². The lowest BCUT2D eigenvalue weighted by Gasteiger charge is -2.14. The third-order valence-electron chi connectivity index (χ3n) is 2.97. The van der Waals surface area contributed by atoms with Gasteiger partial charge in [0, 0.05) is 12.6 Å². The summed E-state index contributed by atoms with van der Waals surface area (Å²) in [5.41, 5.74) is 2.02. The molecule has 2 rings (SSSR count).